The predicted octanol–water partition coefficient (Wildman–Crippen LogP) is -0.563. The van der Waals surface area contributed by atoms with Gasteiger partial charge in [-0.3, -0.25) is 19.3 Å². The number of hydrogen-bond acceptors (Lipinski definition) is 8. The van der Waals surface area contributed by atoms with Crippen LogP contribution < -0.4 is 0 Å². The molecule has 0 aromatic heterocycles. The van der Waals surface area contributed by atoms with E-state index in [0.29, 0.717) is 45.4 Å². The summed E-state index contributed by atoms with van der Waals surface area (Å²) < 4.78 is 15.5. The molecule has 0 bridgehead atoms. The van der Waals surface area contributed by atoms with Crippen LogP contribution in [0.25, 0.3) is 0 Å². The molecule has 8 nitrogen and oxygen atoms in total. The SMILES string of the molecule is O=C(CN1C(=O)CCC1=O)SCCOCCOCCOCCO. The van der Waals surface area contributed by atoms with Gasteiger partial charge in [-0.05, 0) is 0 Å². The number of aliphatic hydroxyl groups is 1. The average molecular weight is 349 g/mol. The van der Waals surface area contributed by atoms with Crippen molar-refractivity contribution in [3.63, 3.8) is 0 Å². The van der Waals surface area contributed by atoms with E-state index >= 15 is 0 Å². The van der Waals surface area contributed by atoms with E-state index in [4.69, 9.17) is 19.3 Å². The largest absolute Gasteiger partial charge is 0.394 e. The van der Waals surface area contributed by atoms with Gasteiger partial charge in [0.25, 0.3) is 0 Å². The zero-order chi connectivity index (χ0) is 16.9. The molecule has 1 saturated heterocycles. The Labute approximate surface area is 139 Å². The Bertz CT molecular complexity index is 375. The van der Waals surface area contributed by atoms with E-state index in [9.17, 15) is 14.4 Å². The molecular formula is C14H23NO7S. The second-order valence-electron chi connectivity index (χ2n) is 4.65. The Morgan fingerprint density at radius 3 is 2.04 bits per heavy atom. The molecule has 0 radical (unpaired) electrons. The molecule has 0 aromatic carbocycles. The lowest BCUT2D eigenvalue weighted by molar-refractivity contribution is -0.140. The third-order valence-electron chi connectivity index (χ3n) is 2.91. The zero-order valence-electron chi connectivity index (χ0n) is 13.0. The molecule has 1 heterocycles. The van der Waals surface area contributed by atoms with Crippen molar-refractivity contribution in [1.29, 1.82) is 0 Å². The van der Waals surface area contributed by atoms with E-state index in [1.807, 2.05) is 0 Å². The van der Waals surface area contributed by atoms with Crippen LogP contribution in [0.3, 0.4) is 0 Å². The molecule has 0 atom stereocenters. The highest BCUT2D eigenvalue weighted by Crippen LogP contribution is 2.13. The van der Waals surface area contributed by atoms with E-state index in [2.05, 4.69) is 0 Å². The van der Waals surface area contributed by atoms with Gasteiger partial charge in [-0.25, -0.2) is 0 Å². The van der Waals surface area contributed by atoms with Gasteiger partial charge < -0.3 is 19.3 Å². The summed E-state index contributed by atoms with van der Waals surface area (Å²) in [6.07, 6.45) is 0.399. The van der Waals surface area contributed by atoms with Gasteiger partial charge in [0.05, 0.1) is 52.8 Å². The van der Waals surface area contributed by atoms with Gasteiger partial charge in [-0.15, -0.1) is 0 Å². The summed E-state index contributed by atoms with van der Waals surface area (Å²) in [6.45, 7) is 2.25. The molecular weight excluding hydrogens is 326 g/mol. The van der Waals surface area contributed by atoms with Crippen LogP contribution in [0.4, 0.5) is 0 Å². The Kier molecular flexibility index (Phi) is 10.8. The fourth-order valence-corrected chi connectivity index (χ4v) is 2.44. The van der Waals surface area contributed by atoms with Crippen LogP contribution in [0, 0.1) is 0 Å². The number of hydrogen-bond donors (Lipinski definition) is 1. The summed E-state index contributed by atoms with van der Waals surface area (Å²) in [4.78, 5) is 35.4. The molecule has 0 spiro atoms. The number of thioether (sulfide) groups is 1. The number of carbonyl (C=O) groups is 3. The van der Waals surface area contributed by atoms with Gasteiger partial charge in [0.15, 0.2) is 0 Å². The third-order valence-corrected chi connectivity index (χ3v) is 3.73. The summed E-state index contributed by atoms with van der Waals surface area (Å²) in [5.74, 6) is -0.0880. The number of amides is 2. The minimum atomic E-state index is -0.277. The van der Waals surface area contributed by atoms with Crippen LogP contribution in [0.1, 0.15) is 12.8 Å². The summed E-state index contributed by atoms with van der Waals surface area (Å²) in [6, 6.07) is 0. The first kappa shape index (κ1) is 20.0. The van der Waals surface area contributed by atoms with E-state index in [0.717, 1.165) is 16.7 Å². The van der Waals surface area contributed by atoms with E-state index < -0.39 is 0 Å². The molecule has 132 valence electrons. The van der Waals surface area contributed by atoms with Gasteiger partial charge in [0.1, 0.15) is 0 Å². The van der Waals surface area contributed by atoms with Crippen molar-refractivity contribution in [2.45, 2.75) is 12.8 Å². The quantitative estimate of drug-likeness (QED) is 0.349. The number of rotatable bonds is 13. The molecule has 0 aliphatic carbocycles. The molecule has 1 aliphatic heterocycles. The third kappa shape index (κ3) is 9.01. The van der Waals surface area contributed by atoms with E-state index in [-0.39, 0.29) is 42.9 Å². The van der Waals surface area contributed by atoms with Crippen LogP contribution >= 0.6 is 11.8 Å². The van der Waals surface area contributed by atoms with Gasteiger partial charge in [0.2, 0.25) is 16.9 Å². The topological polar surface area (TPSA) is 102 Å². The van der Waals surface area contributed by atoms with Crippen LogP contribution in [-0.2, 0) is 28.6 Å². The van der Waals surface area contributed by atoms with Crippen LogP contribution in [0.2, 0.25) is 0 Å². The summed E-state index contributed by atoms with van der Waals surface area (Å²) in [5.41, 5.74) is 0. The molecule has 0 aromatic rings. The van der Waals surface area contributed by atoms with Crippen LogP contribution in [0.5, 0.6) is 0 Å². The van der Waals surface area contributed by atoms with E-state index in [1.165, 1.54) is 0 Å². The van der Waals surface area contributed by atoms with Crippen molar-refractivity contribution >= 4 is 28.7 Å². The highest BCUT2D eigenvalue weighted by molar-refractivity contribution is 8.13. The lowest BCUT2D eigenvalue weighted by atomic mass is 10.4. The standard InChI is InChI=1S/C14H23NO7S/c16-3-4-20-5-6-21-7-8-22-9-10-23-14(19)11-15-12(17)1-2-13(15)18/h16H,1-11H2. The summed E-state index contributed by atoms with van der Waals surface area (Å²) >= 11 is 1.05. The van der Waals surface area contributed by atoms with Gasteiger partial charge >= 0.3 is 0 Å². The Balaban J connectivity index is 1.90. The predicted molar refractivity (Wildman–Crippen MR) is 83.0 cm³/mol. The van der Waals surface area contributed by atoms with Crippen molar-refractivity contribution in [2.75, 3.05) is 58.5 Å². The first-order chi connectivity index (χ1) is 11.1. The lowest BCUT2D eigenvalue weighted by Gasteiger charge is -2.12. The molecule has 1 aliphatic rings. The number of ether oxygens (including phenoxy) is 3. The van der Waals surface area contributed by atoms with Gasteiger partial charge in [-0.2, -0.15) is 0 Å². The van der Waals surface area contributed by atoms with Crippen LogP contribution in [0.15, 0.2) is 0 Å². The van der Waals surface area contributed by atoms with Crippen molar-refractivity contribution in [3.05, 3.63) is 0 Å². The highest BCUT2D eigenvalue weighted by atomic mass is 32.2. The molecule has 23 heavy (non-hydrogen) atoms. The summed E-state index contributed by atoms with van der Waals surface area (Å²) in [7, 11) is 0. The van der Waals surface area contributed by atoms with Crippen molar-refractivity contribution in [1.82, 2.24) is 4.90 Å². The Morgan fingerprint density at radius 2 is 1.48 bits per heavy atom. The molecule has 2 amide bonds. The fraction of sp³-hybridized carbons (Fsp3) is 0.786. The first-order valence-electron chi connectivity index (χ1n) is 7.48. The molecule has 1 rings (SSSR count). The highest BCUT2D eigenvalue weighted by Gasteiger charge is 2.30. The van der Waals surface area contributed by atoms with Gasteiger partial charge in [0, 0.05) is 18.6 Å². The number of carbonyl (C=O) groups excluding carboxylic acids is 3. The first-order valence-corrected chi connectivity index (χ1v) is 8.46. The molecule has 0 unspecified atom stereocenters. The van der Waals surface area contributed by atoms with Crippen molar-refractivity contribution in [2.24, 2.45) is 0 Å². The number of nitrogens with zero attached hydrogens (tertiary/aromatic N) is 1. The normalized spacial score (nSPS) is 14.7. The molecule has 1 fully saturated rings. The van der Waals surface area contributed by atoms with Gasteiger partial charge in [-0.1, -0.05) is 11.8 Å². The molecule has 0 saturated carbocycles. The lowest BCUT2D eigenvalue weighted by Crippen LogP contribution is -2.33. The second-order valence-corrected chi connectivity index (χ2v) is 5.81. The minimum Gasteiger partial charge on any atom is -0.394 e. The van der Waals surface area contributed by atoms with E-state index in [1.54, 1.807) is 0 Å². The molecule has 9 heteroatoms. The maximum Gasteiger partial charge on any atom is 0.230 e. The maximum atomic E-state index is 11.7. The zero-order valence-corrected chi connectivity index (χ0v) is 13.8. The van der Waals surface area contributed by atoms with Crippen molar-refractivity contribution < 1.29 is 33.7 Å². The number of aliphatic hydroxyl groups excluding tert-OH is 1. The summed E-state index contributed by atoms with van der Waals surface area (Å²) in [5, 5.41) is 8.27. The van der Waals surface area contributed by atoms with Crippen LogP contribution in [-0.4, -0.2) is 85.5 Å². The second kappa shape index (κ2) is 12.4. The maximum absolute atomic E-state index is 11.7. The smallest absolute Gasteiger partial charge is 0.230 e. The molecule has 1 N–H and O–H groups in total. The van der Waals surface area contributed by atoms with Crippen molar-refractivity contribution in [3.8, 4) is 0 Å². The monoisotopic (exact) mass is 349 g/mol. The number of imide groups is 1. The number of likely N-dealkylation sites (tertiary alicyclic amines) is 1. The average Bonchev–Trinajstić information content (AvgIpc) is 2.84. The Hall–Kier alpha value is -1.00. The fourth-order valence-electron chi connectivity index (χ4n) is 1.79. The Morgan fingerprint density at radius 1 is 0.957 bits per heavy atom. The minimum absolute atomic E-state index is 0.000418.